The van der Waals surface area contributed by atoms with Crippen LogP contribution in [-0.2, 0) is 11.3 Å². The molecule has 4 nitrogen and oxygen atoms in total. The van der Waals surface area contributed by atoms with Crippen molar-refractivity contribution >= 4 is 21.8 Å². The molecule has 0 aliphatic carbocycles. The van der Waals surface area contributed by atoms with Crippen molar-refractivity contribution in [3.8, 4) is 5.75 Å². The van der Waals surface area contributed by atoms with Crippen LogP contribution in [0.3, 0.4) is 0 Å². The largest absolute Gasteiger partial charge is 0.482 e. The van der Waals surface area contributed by atoms with Crippen molar-refractivity contribution in [2.75, 3.05) is 13.7 Å². The van der Waals surface area contributed by atoms with Crippen LogP contribution in [0, 0.1) is 0 Å². The minimum Gasteiger partial charge on any atom is -0.482 e. The average molecular weight is 329 g/mol. The number of likely N-dealkylation sites (N-methyl/N-ethyl adjacent to an activating group) is 1. The first-order valence-corrected chi connectivity index (χ1v) is 6.98. The van der Waals surface area contributed by atoms with Crippen molar-refractivity contribution in [1.82, 2.24) is 10.6 Å². The fourth-order valence-electron chi connectivity index (χ4n) is 1.42. The summed E-state index contributed by atoms with van der Waals surface area (Å²) in [6.45, 7) is 7.02. The van der Waals surface area contributed by atoms with Gasteiger partial charge in [0.1, 0.15) is 5.75 Å². The molecule has 19 heavy (non-hydrogen) atoms. The Balaban J connectivity index is 2.80. The van der Waals surface area contributed by atoms with Crippen LogP contribution in [0.25, 0.3) is 0 Å². The fourth-order valence-corrected chi connectivity index (χ4v) is 1.95. The standard InChI is InChI=1S/C14H21BrN2O2/c1-14(2,3)17-8-10-6-5-7-11(15)13(10)19-9-12(18)16-4/h5-7,17H,8-9H2,1-4H3,(H,16,18). The molecule has 0 aliphatic rings. The molecule has 2 N–H and O–H groups in total. The lowest BCUT2D eigenvalue weighted by Crippen LogP contribution is -2.35. The van der Waals surface area contributed by atoms with E-state index in [4.69, 9.17) is 4.74 Å². The van der Waals surface area contributed by atoms with Gasteiger partial charge in [0.05, 0.1) is 4.47 Å². The van der Waals surface area contributed by atoms with Crippen molar-refractivity contribution < 1.29 is 9.53 Å². The van der Waals surface area contributed by atoms with Crippen LogP contribution in [-0.4, -0.2) is 25.1 Å². The van der Waals surface area contributed by atoms with Gasteiger partial charge < -0.3 is 15.4 Å². The van der Waals surface area contributed by atoms with Crippen LogP contribution in [0.1, 0.15) is 26.3 Å². The molecule has 0 fully saturated rings. The van der Waals surface area contributed by atoms with Crippen molar-refractivity contribution in [3.63, 3.8) is 0 Å². The third-order valence-electron chi connectivity index (χ3n) is 2.48. The highest BCUT2D eigenvalue weighted by atomic mass is 79.9. The minimum atomic E-state index is -0.148. The third kappa shape index (κ3) is 5.61. The number of carbonyl (C=O) groups excluding carboxylic acids is 1. The number of para-hydroxylation sites is 1. The highest BCUT2D eigenvalue weighted by Crippen LogP contribution is 2.29. The summed E-state index contributed by atoms with van der Waals surface area (Å²) in [6.07, 6.45) is 0. The molecule has 0 saturated carbocycles. The summed E-state index contributed by atoms with van der Waals surface area (Å²) in [5.41, 5.74) is 1.05. The van der Waals surface area contributed by atoms with E-state index in [9.17, 15) is 4.79 Å². The number of nitrogens with one attached hydrogen (secondary N) is 2. The maximum atomic E-state index is 11.3. The molecule has 0 bridgehead atoms. The molecule has 0 heterocycles. The van der Waals surface area contributed by atoms with Crippen molar-refractivity contribution in [1.29, 1.82) is 0 Å². The summed E-state index contributed by atoms with van der Waals surface area (Å²) in [5.74, 6) is 0.563. The topological polar surface area (TPSA) is 50.4 Å². The Morgan fingerprint density at radius 1 is 1.37 bits per heavy atom. The maximum Gasteiger partial charge on any atom is 0.257 e. The Hall–Kier alpha value is -1.07. The van der Waals surface area contributed by atoms with Gasteiger partial charge in [0.15, 0.2) is 6.61 Å². The van der Waals surface area contributed by atoms with E-state index < -0.39 is 0 Å². The van der Waals surface area contributed by atoms with E-state index in [-0.39, 0.29) is 18.1 Å². The number of ether oxygens (including phenoxy) is 1. The molecule has 0 atom stereocenters. The van der Waals surface area contributed by atoms with Crippen LogP contribution in [0.15, 0.2) is 22.7 Å². The Kier molecular flexibility index (Phi) is 5.82. The second-order valence-electron chi connectivity index (χ2n) is 5.29. The van der Waals surface area contributed by atoms with Crippen LogP contribution in [0.4, 0.5) is 0 Å². The van der Waals surface area contributed by atoms with Gasteiger partial charge in [-0.15, -0.1) is 0 Å². The van der Waals surface area contributed by atoms with Crippen LogP contribution >= 0.6 is 15.9 Å². The molecule has 0 radical (unpaired) electrons. The zero-order chi connectivity index (χ0) is 14.5. The van der Waals surface area contributed by atoms with Crippen molar-refractivity contribution in [3.05, 3.63) is 28.2 Å². The van der Waals surface area contributed by atoms with Crippen molar-refractivity contribution in [2.45, 2.75) is 32.9 Å². The van der Waals surface area contributed by atoms with E-state index in [0.717, 1.165) is 10.0 Å². The fraction of sp³-hybridized carbons (Fsp3) is 0.500. The molecule has 106 valence electrons. The molecule has 1 aromatic rings. The Morgan fingerprint density at radius 2 is 2.05 bits per heavy atom. The summed E-state index contributed by atoms with van der Waals surface area (Å²) in [6, 6.07) is 5.85. The second kappa shape index (κ2) is 6.91. The number of amides is 1. The van der Waals surface area contributed by atoms with E-state index >= 15 is 0 Å². The average Bonchev–Trinajstić information content (AvgIpc) is 2.33. The number of rotatable bonds is 5. The summed E-state index contributed by atoms with van der Waals surface area (Å²) < 4.78 is 6.44. The molecule has 5 heteroatoms. The zero-order valence-corrected chi connectivity index (χ0v) is 13.4. The van der Waals surface area contributed by atoms with E-state index in [1.165, 1.54) is 0 Å². The van der Waals surface area contributed by atoms with Crippen LogP contribution < -0.4 is 15.4 Å². The number of hydrogen-bond donors (Lipinski definition) is 2. The van der Waals surface area contributed by atoms with E-state index in [0.29, 0.717) is 12.3 Å². The third-order valence-corrected chi connectivity index (χ3v) is 3.11. The molecule has 0 saturated heterocycles. The zero-order valence-electron chi connectivity index (χ0n) is 11.8. The lowest BCUT2D eigenvalue weighted by Gasteiger charge is -2.22. The Labute approximate surface area is 123 Å². The van der Waals surface area contributed by atoms with Crippen LogP contribution in [0.2, 0.25) is 0 Å². The first kappa shape index (κ1) is 16.0. The van der Waals surface area contributed by atoms with Gasteiger partial charge in [0.25, 0.3) is 5.91 Å². The molecule has 0 spiro atoms. The van der Waals surface area contributed by atoms with Gasteiger partial charge in [0, 0.05) is 24.7 Å². The van der Waals surface area contributed by atoms with Crippen molar-refractivity contribution in [2.24, 2.45) is 0 Å². The molecule has 1 aromatic carbocycles. The van der Waals surface area contributed by atoms with E-state index in [2.05, 4.69) is 47.3 Å². The van der Waals surface area contributed by atoms with Crippen LogP contribution in [0.5, 0.6) is 5.75 Å². The molecule has 1 amide bonds. The van der Waals surface area contributed by atoms with Gasteiger partial charge in [-0.25, -0.2) is 0 Å². The van der Waals surface area contributed by atoms with Gasteiger partial charge in [-0.3, -0.25) is 4.79 Å². The van der Waals surface area contributed by atoms with E-state index in [1.54, 1.807) is 7.05 Å². The summed E-state index contributed by atoms with van der Waals surface area (Å²) in [7, 11) is 1.59. The Bertz CT molecular complexity index is 442. The van der Waals surface area contributed by atoms with Gasteiger partial charge in [-0.2, -0.15) is 0 Å². The predicted octanol–water partition coefficient (Wildman–Crippen LogP) is 2.46. The highest BCUT2D eigenvalue weighted by Gasteiger charge is 2.13. The molecule has 0 aliphatic heterocycles. The first-order chi connectivity index (χ1) is 8.83. The molecular weight excluding hydrogens is 308 g/mol. The molecule has 1 rings (SSSR count). The SMILES string of the molecule is CNC(=O)COc1c(Br)cccc1CNC(C)(C)C. The minimum absolute atomic E-state index is 0.0155. The van der Waals surface area contributed by atoms with E-state index in [1.807, 2.05) is 18.2 Å². The lowest BCUT2D eigenvalue weighted by molar-refractivity contribution is -0.122. The Morgan fingerprint density at radius 3 is 2.63 bits per heavy atom. The maximum absolute atomic E-state index is 11.3. The predicted molar refractivity (Wildman–Crippen MR) is 80.3 cm³/mol. The molecule has 0 unspecified atom stereocenters. The smallest absolute Gasteiger partial charge is 0.257 e. The van der Waals surface area contributed by atoms with Gasteiger partial charge in [-0.05, 0) is 42.8 Å². The van der Waals surface area contributed by atoms with Gasteiger partial charge >= 0.3 is 0 Å². The summed E-state index contributed by atoms with van der Waals surface area (Å²) in [5, 5.41) is 5.94. The number of hydrogen-bond acceptors (Lipinski definition) is 3. The monoisotopic (exact) mass is 328 g/mol. The number of benzene rings is 1. The summed E-state index contributed by atoms with van der Waals surface area (Å²) >= 11 is 3.46. The quantitative estimate of drug-likeness (QED) is 0.872. The normalized spacial score (nSPS) is 11.2. The number of halogens is 1. The lowest BCUT2D eigenvalue weighted by atomic mass is 10.1. The number of carbonyl (C=O) groups is 1. The second-order valence-corrected chi connectivity index (χ2v) is 6.15. The van der Waals surface area contributed by atoms with Gasteiger partial charge in [0.2, 0.25) is 0 Å². The highest BCUT2D eigenvalue weighted by molar-refractivity contribution is 9.10. The molecule has 0 aromatic heterocycles. The molecular formula is C14H21BrN2O2. The first-order valence-electron chi connectivity index (χ1n) is 6.19. The summed E-state index contributed by atoms with van der Waals surface area (Å²) in [4.78, 5) is 11.3. The van der Waals surface area contributed by atoms with Gasteiger partial charge in [-0.1, -0.05) is 12.1 Å².